The Morgan fingerprint density at radius 1 is 1.31 bits per heavy atom. The van der Waals surface area contributed by atoms with E-state index in [1.54, 1.807) is 11.9 Å². The Hall–Kier alpha value is -0.830. The highest BCUT2D eigenvalue weighted by Gasteiger charge is 2.25. The monoisotopic (exact) mass is 245 g/mol. The van der Waals surface area contributed by atoms with Gasteiger partial charge >= 0.3 is 0 Å². The van der Waals surface area contributed by atoms with Gasteiger partial charge in [0, 0.05) is 19.5 Å². The highest BCUT2D eigenvalue weighted by atomic mass is 35.5. The maximum atomic E-state index is 13.7. The number of anilines is 1. The van der Waals surface area contributed by atoms with Crippen molar-refractivity contribution in [2.75, 3.05) is 18.5 Å². The molecule has 1 aromatic carbocycles. The molecule has 1 aromatic rings. The number of rotatable bonds is 4. The number of nitrogens with zero attached hydrogens (tertiary/aromatic N) is 1. The molecule has 0 saturated heterocycles. The molecule has 88 valence electrons. The van der Waals surface area contributed by atoms with E-state index in [1.807, 2.05) is 0 Å². The normalized spacial score (nSPS) is 15.2. The van der Waals surface area contributed by atoms with Crippen LogP contribution in [0.25, 0.3) is 0 Å². The largest absolute Gasteiger partial charge is 0.370 e. The van der Waals surface area contributed by atoms with Crippen molar-refractivity contribution in [2.45, 2.75) is 18.7 Å². The fraction of sp³-hybridized carbons (Fsp3) is 0.500. The molecule has 0 heterocycles. The number of benzene rings is 1. The Morgan fingerprint density at radius 2 is 1.88 bits per heavy atom. The van der Waals surface area contributed by atoms with Crippen molar-refractivity contribution in [3.63, 3.8) is 0 Å². The predicted molar refractivity (Wildman–Crippen MR) is 61.9 cm³/mol. The molecule has 0 unspecified atom stereocenters. The molecule has 0 aliphatic heterocycles. The van der Waals surface area contributed by atoms with Crippen LogP contribution in [0, 0.1) is 17.6 Å². The minimum atomic E-state index is -0.529. The van der Waals surface area contributed by atoms with Crippen LogP contribution < -0.4 is 4.90 Å². The molecule has 0 radical (unpaired) electrons. The summed E-state index contributed by atoms with van der Waals surface area (Å²) in [6.45, 7) is 0.716. The van der Waals surface area contributed by atoms with Crippen LogP contribution in [0.3, 0.4) is 0 Å². The first-order chi connectivity index (χ1) is 7.61. The molecule has 1 saturated carbocycles. The number of alkyl halides is 1. The van der Waals surface area contributed by atoms with Crippen LogP contribution in [-0.4, -0.2) is 13.6 Å². The minimum absolute atomic E-state index is 0.0563. The van der Waals surface area contributed by atoms with Gasteiger partial charge in [-0.05, 0) is 36.5 Å². The number of hydrogen-bond acceptors (Lipinski definition) is 1. The first kappa shape index (κ1) is 11.6. The van der Waals surface area contributed by atoms with Crippen LogP contribution >= 0.6 is 11.6 Å². The van der Waals surface area contributed by atoms with E-state index in [4.69, 9.17) is 11.6 Å². The van der Waals surface area contributed by atoms with Crippen LogP contribution in [0.1, 0.15) is 18.4 Å². The topological polar surface area (TPSA) is 3.24 Å². The van der Waals surface area contributed by atoms with Gasteiger partial charge in [0.25, 0.3) is 0 Å². The van der Waals surface area contributed by atoms with E-state index in [1.165, 1.54) is 12.1 Å². The Labute approximate surface area is 99.0 Å². The maximum absolute atomic E-state index is 13.7. The second-order valence-electron chi connectivity index (χ2n) is 4.37. The highest BCUT2D eigenvalue weighted by Crippen LogP contribution is 2.32. The quantitative estimate of drug-likeness (QED) is 0.734. The van der Waals surface area contributed by atoms with E-state index in [0.29, 0.717) is 18.0 Å². The molecule has 0 amide bonds. The van der Waals surface area contributed by atoms with Gasteiger partial charge in [-0.15, -0.1) is 11.6 Å². The van der Waals surface area contributed by atoms with Gasteiger partial charge in [-0.1, -0.05) is 0 Å². The molecule has 4 heteroatoms. The zero-order valence-electron chi connectivity index (χ0n) is 9.14. The fourth-order valence-corrected chi connectivity index (χ4v) is 1.99. The van der Waals surface area contributed by atoms with Gasteiger partial charge in [0.15, 0.2) is 0 Å². The molecule has 16 heavy (non-hydrogen) atoms. The third-order valence-corrected chi connectivity index (χ3v) is 3.15. The molecule has 1 aliphatic carbocycles. The summed E-state index contributed by atoms with van der Waals surface area (Å²) in [6, 6.07) is 2.60. The van der Waals surface area contributed by atoms with Gasteiger partial charge in [-0.25, -0.2) is 8.78 Å². The predicted octanol–water partition coefficient (Wildman–Crippen LogP) is 3.55. The molecule has 0 atom stereocenters. The Kier molecular flexibility index (Phi) is 3.33. The van der Waals surface area contributed by atoms with Crippen molar-refractivity contribution in [3.8, 4) is 0 Å². The summed E-state index contributed by atoms with van der Waals surface area (Å²) < 4.78 is 27.4. The van der Waals surface area contributed by atoms with E-state index >= 15 is 0 Å². The molecule has 0 N–H and O–H groups in total. The van der Waals surface area contributed by atoms with Crippen LogP contribution in [0.2, 0.25) is 0 Å². The third-order valence-electron chi connectivity index (χ3n) is 2.84. The zero-order chi connectivity index (χ0) is 11.7. The molecule has 0 spiro atoms. The van der Waals surface area contributed by atoms with Crippen LogP contribution in [0.5, 0.6) is 0 Å². The summed E-state index contributed by atoms with van der Waals surface area (Å²) >= 11 is 5.55. The van der Waals surface area contributed by atoms with Gasteiger partial charge in [-0.3, -0.25) is 0 Å². The van der Waals surface area contributed by atoms with Gasteiger partial charge in [0.05, 0.1) is 0 Å². The minimum Gasteiger partial charge on any atom is -0.370 e. The molecule has 0 bridgehead atoms. The molecule has 0 aromatic heterocycles. The van der Waals surface area contributed by atoms with E-state index in [-0.39, 0.29) is 11.6 Å². The zero-order valence-corrected chi connectivity index (χ0v) is 9.90. The van der Waals surface area contributed by atoms with E-state index in [9.17, 15) is 8.78 Å². The van der Waals surface area contributed by atoms with E-state index < -0.39 is 11.6 Å². The smallest absolute Gasteiger partial charge is 0.149 e. The second kappa shape index (κ2) is 4.58. The lowest BCUT2D eigenvalue weighted by Crippen LogP contribution is -2.22. The molecule has 2 rings (SSSR count). The standard InChI is InChI=1S/C12H14ClF2N/c1-16(7-8-2-3-8)12-10(14)4-9(6-13)5-11(12)15/h4-5,8H,2-3,6-7H2,1H3. The van der Waals surface area contributed by atoms with Crippen molar-refractivity contribution >= 4 is 17.3 Å². The summed E-state index contributed by atoms with van der Waals surface area (Å²) in [5, 5.41) is 0. The highest BCUT2D eigenvalue weighted by molar-refractivity contribution is 6.17. The van der Waals surface area contributed by atoms with Crippen LogP contribution in [0.15, 0.2) is 12.1 Å². The van der Waals surface area contributed by atoms with Gasteiger partial charge in [0.2, 0.25) is 0 Å². The lowest BCUT2D eigenvalue weighted by Gasteiger charge is -2.20. The van der Waals surface area contributed by atoms with Crippen molar-refractivity contribution in [1.29, 1.82) is 0 Å². The van der Waals surface area contributed by atoms with Gasteiger partial charge < -0.3 is 4.90 Å². The van der Waals surface area contributed by atoms with Crippen molar-refractivity contribution in [3.05, 3.63) is 29.3 Å². The second-order valence-corrected chi connectivity index (χ2v) is 4.63. The van der Waals surface area contributed by atoms with E-state index in [0.717, 1.165) is 12.8 Å². The van der Waals surface area contributed by atoms with Crippen molar-refractivity contribution in [2.24, 2.45) is 5.92 Å². The molecule has 1 fully saturated rings. The van der Waals surface area contributed by atoms with Crippen molar-refractivity contribution < 1.29 is 8.78 Å². The summed E-state index contributed by atoms with van der Waals surface area (Å²) in [6.07, 6.45) is 2.32. The lowest BCUT2D eigenvalue weighted by atomic mass is 10.2. The fourth-order valence-electron chi connectivity index (χ4n) is 1.84. The average Bonchev–Trinajstić information content (AvgIpc) is 3.00. The average molecular weight is 246 g/mol. The van der Waals surface area contributed by atoms with E-state index in [2.05, 4.69) is 0 Å². The SMILES string of the molecule is CN(CC1CC1)c1c(F)cc(CCl)cc1F. The maximum Gasteiger partial charge on any atom is 0.149 e. The number of halogens is 3. The summed E-state index contributed by atoms with van der Waals surface area (Å²) in [5.74, 6) is -0.338. The van der Waals surface area contributed by atoms with Crippen LogP contribution in [-0.2, 0) is 5.88 Å². The van der Waals surface area contributed by atoms with Crippen LogP contribution in [0.4, 0.5) is 14.5 Å². The van der Waals surface area contributed by atoms with Gasteiger partial charge in [0.1, 0.15) is 17.3 Å². The summed E-state index contributed by atoms with van der Waals surface area (Å²) in [5.41, 5.74) is 0.529. The molecular formula is C12H14ClF2N. The van der Waals surface area contributed by atoms with Gasteiger partial charge in [-0.2, -0.15) is 0 Å². The molecule has 1 aliphatic rings. The molecule has 1 nitrogen and oxygen atoms in total. The molecular weight excluding hydrogens is 232 g/mol. The summed E-state index contributed by atoms with van der Waals surface area (Å²) in [7, 11) is 1.72. The van der Waals surface area contributed by atoms with Crippen molar-refractivity contribution in [1.82, 2.24) is 0 Å². The summed E-state index contributed by atoms with van der Waals surface area (Å²) in [4.78, 5) is 1.65. The Bertz CT molecular complexity index is 368. The first-order valence-electron chi connectivity index (χ1n) is 5.37. The lowest BCUT2D eigenvalue weighted by molar-refractivity contribution is 0.572. The number of hydrogen-bond donors (Lipinski definition) is 0. The Morgan fingerprint density at radius 3 is 2.31 bits per heavy atom. The Balaban J connectivity index is 2.24. The third kappa shape index (κ3) is 2.46. The first-order valence-corrected chi connectivity index (χ1v) is 5.90.